The summed E-state index contributed by atoms with van der Waals surface area (Å²) < 4.78 is 0. The summed E-state index contributed by atoms with van der Waals surface area (Å²) in [7, 11) is 0. The second-order valence-corrected chi connectivity index (χ2v) is 4.59. The molecule has 0 saturated carbocycles. The second-order valence-electron chi connectivity index (χ2n) is 4.59. The van der Waals surface area contributed by atoms with Crippen LogP contribution in [-0.4, -0.2) is 19.1 Å². The first kappa shape index (κ1) is 11.5. The number of hydrogen-bond donors (Lipinski definition) is 1. The van der Waals surface area contributed by atoms with E-state index in [4.69, 9.17) is 5.73 Å². The first-order chi connectivity index (χ1) is 7.85. The largest absolute Gasteiger partial charge is 0.368 e. The van der Waals surface area contributed by atoms with Crippen molar-refractivity contribution in [2.45, 2.75) is 38.6 Å². The van der Waals surface area contributed by atoms with Gasteiger partial charge in [-0.3, -0.25) is 0 Å². The molecule has 1 atom stereocenters. The van der Waals surface area contributed by atoms with Crippen molar-refractivity contribution >= 4 is 5.69 Å². The maximum absolute atomic E-state index is 5.67. The summed E-state index contributed by atoms with van der Waals surface area (Å²) in [6.07, 6.45) is 4.84. The molecule has 2 heteroatoms. The zero-order chi connectivity index (χ0) is 11.4. The highest BCUT2D eigenvalue weighted by molar-refractivity contribution is 5.49. The average molecular weight is 218 g/mol. The Bertz CT molecular complexity index is 318. The van der Waals surface area contributed by atoms with E-state index in [-0.39, 0.29) is 0 Å². The van der Waals surface area contributed by atoms with E-state index in [1.807, 2.05) is 0 Å². The molecule has 88 valence electrons. The van der Waals surface area contributed by atoms with Gasteiger partial charge in [0.05, 0.1) is 0 Å². The molecule has 0 spiro atoms. The third kappa shape index (κ3) is 2.38. The summed E-state index contributed by atoms with van der Waals surface area (Å²) in [4.78, 5) is 2.52. The zero-order valence-corrected chi connectivity index (χ0v) is 10.2. The quantitative estimate of drug-likeness (QED) is 0.841. The first-order valence-electron chi connectivity index (χ1n) is 6.40. The highest BCUT2D eigenvalue weighted by Gasteiger charge is 2.23. The maximum Gasteiger partial charge on any atom is 0.0368 e. The topological polar surface area (TPSA) is 29.3 Å². The van der Waals surface area contributed by atoms with Crippen LogP contribution in [0.1, 0.15) is 31.7 Å². The fourth-order valence-corrected chi connectivity index (χ4v) is 2.59. The molecule has 0 aromatic heterocycles. The lowest BCUT2D eigenvalue weighted by Gasteiger charge is -2.26. The molecule has 1 heterocycles. The van der Waals surface area contributed by atoms with Crippen LogP contribution in [0.3, 0.4) is 0 Å². The molecule has 2 nitrogen and oxygen atoms in total. The van der Waals surface area contributed by atoms with E-state index in [2.05, 4.69) is 36.1 Å². The minimum absolute atomic E-state index is 0.664. The van der Waals surface area contributed by atoms with E-state index >= 15 is 0 Å². The number of nitrogens with zero attached hydrogens (tertiary/aromatic N) is 1. The van der Waals surface area contributed by atoms with E-state index in [0.717, 1.165) is 19.4 Å². The van der Waals surface area contributed by atoms with Gasteiger partial charge in [-0.2, -0.15) is 0 Å². The van der Waals surface area contributed by atoms with Gasteiger partial charge in [-0.05, 0) is 49.9 Å². The minimum atomic E-state index is 0.664. The molecule has 1 unspecified atom stereocenters. The van der Waals surface area contributed by atoms with Crippen LogP contribution >= 0.6 is 0 Å². The number of aryl methyl sites for hydroxylation is 1. The Morgan fingerprint density at radius 1 is 1.31 bits per heavy atom. The van der Waals surface area contributed by atoms with Crippen molar-refractivity contribution in [2.75, 3.05) is 18.0 Å². The van der Waals surface area contributed by atoms with Crippen LogP contribution in [0.15, 0.2) is 24.3 Å². The molecule has 16 heavy (non-hydrogen) atoms. The lowest BCUT2D eigenvalue weighted by Crippen LogP contribution is -2.30. The summed E-state index contributed by atoms with van der Waals surface area (Å²) in [5, 5.41) is 0. The molecule has 1 aliphatic heterocycles. The number of anilines is 1. The molecule has 1 aromatic rings. The predicted octanol–water partition coefficient (Wildman–Crippen LogP) is 2.57. The van der Waals surface area contributed by atoms with Gasteiger partial charge in [0, 0.05) is 18.3 Å². The third-order valence-corrected chi connectivity index (χ3v) is 3.55. The highest BCUT2D eigenvalue weighted by Crippen LogP contribution is 2.27. The van der Waals surface area contributed by atoms with Crippen LogP contribution in [0.5, 0.6) is 0 Å². The van der Waals surface area contributed by atoms with Crippen molar-refractivity contribution in [3.63, 3.8) is 0 Å². The van der Waals surface area contributed by atoms with Gasteiger partial charge >= 0.3 is 0 Å². The summed E-state index contributed by atoms with van der Waals surface area (Å²) >= 11 is 0. The van der Waals surface area contributed by atoms with Crippen molar-refractivity contribution < 1.29 is 0 Å². The monoisotopic (exact) mass is 218 g/mol. The number of benzene rings is 1. The van der Waals surface area contributed by atoms with Gasteiger partial charge in [-0.25, -0.2) is 0 Å². The number of nitrogens with two attached hydrogens (primary N) is 1. The minimum Gasteiger partial charge on any atom is -0.368 e. The average Bonchev–Trinajstić information content (AvgIpc) is 2.78. The van der Waals surface area contributed by atoms with Crippen molar-refractivity contribution in [3.8, 4) is 0 Å². The van der Waals surface area contributed by atoms with Crippen LogP contribution in [0.2, 0.25) is 0 Å². The molecule has 2 rings (SSSR count). The van der Waals surface area contributed by atoms with Crippen molar-refractivity contribution in [1.82, 2.24) is 0 Å². The van der Waals surface area contributed by atoms with Crippen molar-refractivity contribution in [1.29, 1.82) is 0 Å². The molecule has 0 amide bonds. The first-order valence-corrected chi connectivity index (χ1v) is 6.40. The van der Waals surface area contributed by atoms with Gasteiger partial charge < -0.3 is 10.6 Å². The number of rotatable bonds is 4. The Hall–Kier alpha value is -1.02. The lowest BCUT2D eigenvalue weighted by atomic mass is 10.1. The summed E-state index contributed by atoms with van der Waals surface area (Å²) in [6, 6.07) is 9.67. The summed E-state index contributed by atoms with van der Waals surface area (Å²) in [5.41, 5.74) is 8.45. The number of hydrogen-bond acceptors (Lipinski definition) is 2. The summed E-state index contributed by atoms with van der Waals surface area (Å²) in [5.74, 6) is 0. The third-order valence-electron chi connectivity index (χ3n) is 3.55. The molecular weight excluding hydrogens is 196 g/mol. The van der Waals surface area contributed by atoms with E-state index < -0.39 is 0 Å². The molecule has 0 bridgehead atoms. The van der Waals surface area contributed by atoms with Crippen LogP contribution in [0, 0.1) is 0 Å². The fraction of sp³-hybridized carbons (Fsp3) is 0.571. The van der Waals surface area contributed by atoms with Crippen LogP contribution in [-0.2, 0) is 6.42 Å². The van der Waals surface area contributed by atoms with Gasteiger partial charge in [0.2, 0.25) is 0 Å². The smallest absolute Gasteiger partial charge is 0.0368 e. The Morgan fingerprint density at radius 3 is 2.69 bits per heavy atom. The Kier molecular flexibility index (Phi) is 3.83. The molecule has 1 saturated heterocycles. The van der Waals surface area contributed by atoms with E-state index in [9.17, 15) is 0 Å². The fourth-order valence-electron chi connectivity index (χ4n) is 2.59. The standard InChI is InChI=1S/C14H22N2/c1-2-12-5-7-14(8-6-12)16-11-3-4-13(16)9-10-15/h5-8,13H,2-4,9-11,15H2,1H3. The van der Waals surface area contributed by atoms with E-state index in [1.165, 1.54) is 30.6 Å². The molecule has 1 aromatic carbocycles. The Labute approximate surface area is 98.4 Å². The maximum atomic E-state index is 5.67. The lowest BCUT2D eigenvalue weighted by molar-refractivity contribution is 0.618. The van der Waals surface area contributed by atoms with Crippen molar-refractivity contribution in [3.05, 3.63) is 29.8 Å². The second kappa shape index (κ2) is 5.35. The van der Waals surface area contributed by atoms with Gasteiger partial charge in [-0.15, -0.1) is 0 Å². The molecule has 2 N–H and O–H groups in total. The molecular formula is C14H22N2. The van der Waals surface area contributed by atoms with E-state index in [1.54, 1.807) is 0 Å². The van der Waals surface area contributed by atoms with Gasteiger partial charge in [-0.1, -0.05) is 19.1 Å². The van der Waals surface area contributed by atoms with Crippen LogP contribution < -0.4 is 10.6 Å². The SMILES string of the molecule is CCc1ccc(N2CCCC2CCN)cc1. The Balaban J connectivity index is 2.09. The van der Waals surface area contributed by atoms with Crippen LogP contribution in [0.4, 0.5) is 5.69 Å². The molecule has 0 radical (unpaired) electrons. The Morgan fingerprint density at radius 2 is 2.06 bits per heavy atom. The van der Waals surface area contributed by atoms with Gasteiger partial charge in [0.15, 0.2) is 0 Å². The van der Waals surface area contributed by atoms with Gasteiger partial charge in [0.25, 0.3) is 0 Å². The normalized spacial score (nSPS) is 20.4. The van der Waals surface area contributed by atoms with E-state index in [0.29, 0.717) is 6.04 Å². The molecule has 1 aliphatic rings. The molecule has 0 aliphatic carbocycles. The predicted molar refractivity (Wildman–Crippen MR) is 69.9 cm³/mol. The molecule has 1 fully saturated rings. The zero-order valence-electron chi connectivity index (χ0n) is 10.2. The highest BCUT2D eigenvalue weighted by atomic mass is 15.2. The summed E-state index contributed by atoms with van der Waals surface area (Å²) in [6.45, 7) is 4.19. The van der Waals surface area contributed by atoms with Crippen LogP contribution in [0.25, 0.3) is 0 Å². The van der Waals surface area contributed by atoms with Gasteiger partial charge in [0.1, 0.15) is 0 Å². The van der Waals surface area contributed by atoms with Crippen molar-refractivity contribution in [2.24, 2.45) is 5.73 Å².